The standard InChI is InChI=1S/C12H19F5O2S/c1-7(2)19-11(18)8(3)20-6-4-5-12(16,17)9(13)10(14)15/h7-10H,4-6H2,1-3H3. The van der Waals surface area contributed by atoms with Gasteiger partial charge in [-0.3, -0.25) is 4.79 Å². The van der Waals surface area contributed by atoms with E-state index in [2.05, 4.69) is 0 Å². The minimum atomic E-state index is -4.05. The molecule has 0 aliphatic rings. The number of halogens is 5. The number of hydrogen-bond acceptors (Lipinski definition) is 3. The maximum atomic E-state index is 13.0. The van der Waals surface area contributed by atoms with E-state index in [-0.39, 0.29) is 18.3 Å². The highest BCUT2D eigenvalue weighted by molar-refractivity contribution is 8.00. The lowest BCUT2D eigenvalue weighted by atomic mass is 10.1. The van der Waals surface area contributed by atoms with Crippen LogP contribution >= 0.6 is 11.8 Å². The molecular weight excluding hydrogens is 303 g/mol. The van der Waals surface area contributed by atoms with Gasteiger partial charge in [0.15, 0.2) is 0 Å². The number of carbonyl (C=O) groups is 1. The zero-order valence-electron chi connectivity index (χ0n) is 11.5. The van der Waals surface area contributed by atoms with Gasteiger partial charge in [-0.15, -0.1) is 11.8 Å². The highest BCUT2D eigenvalue weighted by atomic mass is 32.2. The summed E-state index contributed by atoms with van der Waals surface area (Å²) in [5.41, 5.74) is 0. The van der Waals surface area contributed by atoms with Crippen molar-refractivity contribution in [2.75, 3.05) is 5.75 Å². The third-order valence-electron chi connectivity index (χ3n) is 2.33. The summed E-state index contributed by atoms with van der Waals surface area (Å²) >= 11 is 1.07. The zero-order valence-corrected chi connectivity index (χ0v) is 12.4. The molecule has 0 fully saturated rings. The molecule has 120 valence electrons. The molecule has 2 atom stereocenters. The minimum Gasteiger partial charge on any atom is -0.462 e. The molecule has 8 heteroatoms. The summed E-state index contributed by atoms with van der Waals surface area (Å²) in [6, 6.07) is 0. The second-order valence-electron chi connectivity index (χ2n) is 4.60. The molecule has 0 amide bonds. The first-order chi connectivity index (χ1) is 9.08. The third-order valence-corrected chi connectivity index (χ3v) is 3.55. The van der Waals surface area contributed by atoms with Gasteiger partial charge in [0.25, 0.3) is 12.3 Å². The summed E-state index contributed by atoms with van der Waals surface area (Å²) < 4.78 is 67.2. The molecule has 20 heavy (non-hydrogen) atoms. The first-order valence-electron chi connectivity index (χ1n) is 6.20. The van der Waals surface area contributed by atoms with Crippen molar-refractivity contribution in [3.8, 4) is 0 Å². The largest absolute Gasteiger partial charge is 0.462 e. The van der Waals surface area contributed by atoms with Crippen LogP contribution in [0.3, 0.4) is 0 Å². The Bertz CT molecular complexity index is 300. The van der Waals surface area contributed by atoms with Crippen molar-refractivity contribution in [2.45, 2.75) is 63.5 Å². The lowest BCUT2D eigenvalue weighted by Gasteiger charge is -2.20. The number of carbonyl (C=O) groups excluding carboxylic acids is 1. The van der Waals surface area contributed by atoms with Gasteiger partial charge in [-0.05, 0) is 32.9 Å². The van der Waals surface area contributed by atoms with E-state index in [0.29, 0.717) is 0 Å². The van der Waals surface area contributed by atoms with Crippen molar-refractivity contribution in [3.63, 3.8) is 0 Å². The Morgan fingerprint density at radius 1 is 1.20 bits per heavy atom. The summed E-state index contributed by atoms with van der Waals surface area (Å²) in [6.45, 7) is 4.92. The van der Waals surface area contributed by atoms with Crippen molar-refractivity contribution < 1.29 is 31.5 Å². The van der Waals surface area contributed by atoms with Crippen molar-refractivity contribution in [2.24, 2.45) is 0 Å². The summed E-state index contributed by atoms with van der Waals surface area (Å²) in [4.78, 5) is 11.4. The number of hydrogen-bond donors (Lipinski definition) is 0. The zero-order chi connectivity index (χ0) is 15.9. The van der Waals surface area contributed by atoms with Gasteiger partial charge in [-0.2, -0.15) is 0 Å². The first-order valence-corrected chi connectivity index (χ1v) is 7.25. The Balaban J connectivity index is 3.99. The van der Waals surface area contributed by atoms with Crippen molar-refractivity contribution in [1.82, 2.24) is 0 Å². The van der Waals surface area contributed by atoms with Gasteiger partial charge in [0.05, 0.1) is 11.4 Å². The van der Waals surface area contributed by atoms with Crippen LogP contribution in [0.15, 0.2) is 0 Å². The predicted octanol–water partition coefficient (Wildman–Crippen LogP) is 4.08. The van der Waals surface area contributed by atoms with Crippen LogP contribution in [-0.4, -0.2) is 41.6 Å². The molecule has 0 aromatic rings. The van der Waals surface area contributed by atoms with E-state index in [1.54, 1.807) is 20.8 Å². The topological polar surface area (TPSA) is 26.3 Å². The van der Waals surface area contributed by atoms with E-state index in [9.17, 15) is 26.7 Å². The van der Waals surface area contributed by atoms with Crippen LogP contribution in [-0.2, 0) is 9.53 Å². The third kappa shape index (κ3) is 7.31. The van der Waals surface area contributed by atoms with E-state index >= 15 is 0 Å². The van der Waals surface area contributed by atoms with Crippen molar-refractivity contribution in [1.29, 1.82) is 0 Å². The summed E-state index contributed by atoms with van der Waals surface area (Å²) in [5.74, 6) is -4.37. The molecule has 0 rings (SSSR count). The minimum absolute atomic E-state index is 0.139. The van der Waals surface area contributed by atoms with Crippen LogP contribution in [0, 0.1) is 0 Å². The maximum absolute atomic E-state index is 13.0. The molecule has 2 unspecified atom stereocenters. The fourth-order valence-electron chi connectivity index (χ4n) is 1.29. The molecule has 0 spiro atoms. The van der Waals surface area contributed by atoms with Crippen molar-refractivity contribution in [3.05, 3.63) is 0 Å². The maximum Gasteiger partial charge on any atom is 0.319 e. The van der Waals surface area contributed by atoms with Gasteiger partial charge < -0.3 is 4.74 Å². The molecule has 0 saturated heterocycles. The SMILES string of the molecule is CC(C)OC(=O)C(C)SCCCC(F)(F)C(F)C(F)F. The van der Waals surface area contributed by atoms with Crippen LogP contribution in [0.5, 0.6) is 0 Å². The predicted molar refractivity (Wildman–Crippen MR) is 68.2 cm³/mol. The average molecular weight is 322 g/mol. The molecule has 0 saturated carbocycles. The monoisotopic (exact) mass is 322 g/mol. The van der Waals surface area contributed by atoms with Gasteiger partial charge in [0.2, 0.25) is 6.17 Å². The number of alkyl halides is 5. The highest BCUT2D eigenvalue weighted by Gasteiger charge is 2.45. The fraction of sp³-hybridized carbons (Fsp3) is 0.917. The van der Waals surface area contributed by atoms with E-state index in [1.807, 2.05) is 0 Å². The molecule has 0 aliphatic heterocycles. The van der Waals surface area contributed by atoms with Gasteiger partial charge >= 0.3 is 5.97 Å². The number of ether oxygens (including phenoxy) is 1. The van der Waals surface area contributed by atoms with Crippen LogP contribution in [0.2, 0.25) is 0 Å². The molecule has 0 heterocycles. The number of rotatable bonds is 9. The molecule has 0 N–H and O–H groups in total. The van der Waals surface area contributed by atoms with Crippen molar-refractivity contribution >= 4 is 17.7 Å². The summed E-state index contributed by atoms with van der Waals surface area (Å²) in [5, 5.41) is -0.540. The summed E-state index contributed by atoms with van der Waals surface area (Å²) in [7, 11) is 0. The van der Waals surface area contributed by atoms with Gasteiger partial charge in [-0.25, -0.2) is 22.0 Å². The second-order valence-corrected chi connectivity index (χ2v) is 6.05. The van der Waals surface area contributed by atoms with Crippen LogP contribution in [0.1, 0.15) is 33.6 Å². The average Bonchev–Trinajstić information content (AvgIpc) is 2.32. The van der Waals surface area contributed by atoms with E-state index in [1.165, 1.54) is 0 Å². The Morgan fingerprint density at radius 3 is 2.20 bits per heavy atom. The molecule has 0 bridgehead atoms. The van der Waals surface area contributed by atoms with Crippen LogP contribution < -0.4 is 0 Å². The lowest BCUT2D eigenvalue weighted by Crippen LogP contribution is -2.35. The van der Waals surface area contributed by atoms with Gasteiger partial charge in [0.1, 0.15) is 0 Å². The fourth-order valence-corrected chi connectivity index (χ4v) is 2.14. The molecule has 2 nitrogen and oxygen atoms in total. The quantitative estimate of drug-likeness (QED) is 0.363. The van der Waals surface area contributed by atoms with Crippen LogP contribution in [0.25, 0.3) is 0 Å². The molecule has 0 aromatic carbocycles. The summed E-state index contributed by atoms with van der Waals surface area (Å²) in [6.07, 6.45) is -8.55. The molecular formula is C12H19F5O2S. The molecule has 0 aliphatic carbocycles. The van der Waals surface area contributed by atoms with E-state index in [4.69, 9.17) is 4.74 Å². The first kappa shape index (κ1) is 19.5. The number of thioether (sulfide) groups is 1. The second kappa shape index (κ2) is 8.69. The number of esters is 1. The smallest absolute Gasteiger partial charge is 0.319 e. The Kier molecular flexibility index (Phi) is 8.46. The molecule has 0 radical (unpaired) electrons. The van der Waals surface area contributed by atoms with E-state index in [0.717, 1.165) is 11.8 Å². The normalized spacial score (nSPS) is 15.5. The molecule has 0 aromatic heterocycles. The Hall–Kier alpha value is -0.530. The van der Waals surface area contributed by atoms with E-state index < -0.39 is 36.2 Å². The van der Waals surface area contributed by atoms with Crippen LogP contribution in [0.4, 0.5) is 22.0 Å². The van der Waals surface area contributed by atoms with Gasteiger partial charge in [-0.1, -0.05) is 0 Å². The Labute approximate surface area is 119 Å². The van der Waals surface area contributed by atoms with Gasteiger partial charge in [0, 0.05) is 6.42 Å². The highest BCUT2D eigenvalue weighted by Crippen LogP contribution is 2.31. The Morgan fingerprint density at radius 2 is 1.75 bits per heavy atom. The lowest BCUT2D eigenvalue weighted by molar-refractivity contribution is -0.146.